The van der Waals surface area contributed by atoms with E-state index in [0.717, 1.165) is 0 Å². The Morgan fingerprint density at radius 2 is 1.83 bits per heavy atom. The largest absolute Gasteiger partial charge is 0.337 e. The van der Waals surface area contributed by atoms with Crippen molar-refractivity contribution >= 4 is 5.91 Å². The molecule has 2 heterocycles. The molecular weight excluding hydrogens is 288 g/mol. The van der Waals surface area contributed by atoms with Gasteiger partial charge in [-0.2, -0.15) is 0 Å². The second-order valence-corrected chi connectivity index (χ2v) is 6.98. The Hall–Kier alpha value is -2.36. The van der Waals surface area contributed by atoms with Gasteiger partial charge in [0.15, 0.2) is 0 Å². The summed E-state index contributed by atoms with van der Waals surface area (Å²) in [6.45, 7) is 5.67. The third kappa shape index (κ3) is 2.81. The second kappa shape index (κ2) is 5.69. The molecule has 1 aromatic heterocycles. The smallest absolute Gasteiger partial charge is 0.263 e. The first-order valence-electron chi connectivity index (χ1n) is 7.90. The van der Waals surface area contributed by atoms with Crippen LogP contribution in [0.3, 0.4) is 0 Å². The van der Waals surface area contributed by atoms with E-state index < -0.39 is 0 Å². The van der Waals surface area contributed by atoms with Gasteiger partial charge in [-0.05, 0) is 23.1 Å². The van der Waals surface area contributed by atoms with Crippen LogP contribution in [0.4, 0.5) is 0 Å². The molecule has 4 heteroatoms. The number of nitrogens with zero attached hydrogens (tertiary/aromatic N) is 2. The van der Waals surface area contributed by atoms with Gasteiger partial charge in [0.05, 0.1) is 0 Å². The van der Waals surface area contributed by atoms with E-state index in [0.29, 0.717) is 13.1 Å². The molecule has 1 aliphatic heterocycles. The number of likely N-dealkylation sites (tertiary alicyclic amines) is 1. The zero-order valence-corrected chi connectivity index (χ0v) is 13.8. The zero-order valence-electron chi connectivity index (χ0n) is 13.8. The molecule has 120 valence electrons. The monoisotopic (exact) mass is 310 g/mol. The van der Waals surface area contributed by atoms with E-state index in [1.165, 1.54) is 10.1 Å². The van der Waals surface area contributed by atoms with Crippen molar-refractivity contribution in [3.63, 3.8) is 0 Å². The predicted octanol–water partition coefficient (Wildman–Crippen LogP) is 2.65. The molecule has 0 aliphatic carbocycles. The Morgan fingerprint density at radius 3 is 2.52 bits per heavy atom. The van der Waals surface area contributed by atoms with Crippen LogP contribution in [0, 0.1) is 5.41 Å². The molecule has 1 fully saturated rings. The van der Waals surface area contributed by atoms with Crippen molar-refractivity contribution in [3.05, 3.63) is 70.1 Å². The minimum Gasteiger partial charge on any atom is -0.337 e. The van der Waals surface area contributed by atoms with Gasteiger partial charge in [-0.1, -0.05) is 44.2 Å². The molecule has 0 radical (unpaired) electrons. The first-order valence-corrected chi connectivity index (χ1v) is 7.90. The van der Waals surface area contributed by atoms with Gasteiger partial charge < -0.3 is 9.47 Å². The van der Waals surface area contributed by atoms with Crippen LogP contribution >= 0.6 is 0 Å². The lowest BCUT2D eigenvalue weighted by Gasteiger charge is -2.25. The summed E-state index contributed by atoms with van der Waals surface area (Å²) in [6.07, 6.45) is 1.67. The second-order valence-electron chi connectivity index (χ2n) is 6.98. The number of benzene rings is 1. The maximum atomic E-state index is 12.8. The molecular formula is C19H22N2O2. The Labute approximate surface area is 136 Å². The van der Waals surface area contributed by atoms with Crippen LogP contribution in [0.2, 0.25) is 0 Å². The van der Waals surface area contributed by atoms with Gasteiger partial charge in [-0.3, -0.25) is 9.59 Å². The molecule has 0 spiro atoms. The average Bonchev–Trinajstić information content (AvgIpc) is 2.86. The van der Waals surface area contributed by atoms with E-state index in [4.69, 9.17) is 0 Å². The summed E-state index contributed by atoms with van der Waals surface area (Å²) in [5.74, 6) is 0.109. The van der Waals surface area contributed by atoms with Crippen molar-refractivity contribution in [2.75, 3.05) is 13.1 Å². The van der Waals surface area contributed by atoms with Gasteiger partial charge in [0.25, 0.3) is 11.5 Å². The number of carbonyl (C=O) groups excluding carboxylic acids is 1. The standard InChI is InChI=1S/C19H22N2O2/c1-19(2)13-21(12-16(19)14-8-5-4-6-9-14)18(23)15-10-7-11-20(3)17(15)22/h4-11,16H,12-13H2,1-3H3/t16-/m0/s1. The lowest BCUT2D eigenvalue weighted by atomic mass is 9.78. The predicted molar refractivity (Wildman–Crippen MR) is 90.6 cm³/mol. The summed E-state index contributed by atoms with van der Waals surface area (Å²) in [6, 6.07) is 13.6. The topological polar surface area (TPSA) is 42.3 Å². The summed E-state index contributed by atoms with van der Waals surface area (Å²) in [7, 11) is 1.67. The van der Waals surface area contributed by atoms with Crippen LogP contribution in [0.1, 0.15) is 35.7 Å². The molecule has 0 bridgehead atoms. The van der Waals surface area contributed by atoms with Crippen LogP contribution in [0.5, 0.6) is 0 Å². The quantitative estimate of drug-likeness (QED) is 0.856. The van der Waals surface area contributed by atoms with E-state index in [1.54, 1.807) is 25.4 Å². The Kier molecular flexibility index (Phi) is 3.84. The molecule has 1 amide bonds. The minimum absolute atomic E-state index is 0.0168. The first kappa shape index (κ1) is 15.5. The van der Waals surface area contributed by atoms with Crippen molar-refractivity contribution in [1.82, 2.24) is 9.47 Å². The van der Waals surface area contributed by atoms with Crippen LogP contribution < -0.4 is 5.56 Å². The number of hydrogen-bond donors (Lipinski definition) is 0. The molecule has 1 saturated heterocycles. The number of carbonyl (C=O) groups is 1. The Bertz CT molecular complexity index is 777. The first-order chi connectivity index (χ1) is 10.9. The summed E-state index contributed by atoms with van der Waals surface area (Å²) in [5.41, 5.74) is 1.24. The summed E-state index contributed by atoms with van der Waals surface area (Å²) in [4.78, 5) is 26.8. The van der Waals surface area contributed by atoms with E-state index >= 15 is 0 Å². The number of pyridine rings is 1. The van der Waals surface area contributed by atoms with Crippen molar-refractivity contribution in [2.45, 2.75) is 19.8 Å². The van der Waals surface area contributed by atoms with Gasteiger partial charge in [-0.25, -0.2) is 0 Å². The molecule has 23 heavy (non-hydrogen) atoms. The van der Waals surface area contributed by atoms with Gasteiger partial charge >= 0.3 is 0 Å². The third-order valence-electron chi connectivity index (χ3n) is 4.79. The summed E-state index contributed by atoms with van der Waals surface area (Å²) in [5, 5.41) is 0. The molecule has 0 unspecified atom stereocenters. The normalized spacial score (nSPS) is 19.8. The summed E-state index contributed by atoms with van der Waals surface area (Å²) < 4.78 is 1.45. The molecule has 1 aromatic carbocycles. The van der Waals surface area contributed by atoms with Crippen molar-refractivity contribution in [3.8, 4) is 0 Å². The van der Waals surface area contributed by atoms with Crippen LogP contribution in [0.15, 0.2) is 53.5 Å². The number of hydrogen-bond acceptors (Lipinski definition) is 2. The number of rotatable bonds is 2. The molecule has 0 saturated carbocycles. The summed E-state index contributed by atoms with van der Waals surface area (Å²) >= 11 is 0. The van der Waals surface area contributed by atoms with Crippen LogP contribution in [-0.4, -0.2) is 28.5 Å². The molecule has 2 aromatic rings. The molecule has 1 atom stereocenters. The van der Waals surface area contributed by atoms with Crippen LogP contribution in [0.25, 0.3) is 0 Å². The van der Waals surface area contributed by atoms with E-state index in [9.17, 15) is 9.59 Å². The van der Waals surface area contributed by atoms with E-state index in [1.807, 2.05) is 23.1 Å². The Morgan fingerprint density at radius 1 is 1.13 bits per heavy atom. The maximum absolute atomic E-state index is 12.8. The van der Waals surface area contributed by atoms with Gasteiger partial charge in [0, 0.05) is 32.3 Å². The number of amides is 1. The lowest BCUT2D eigenvalue weighted by molar-refractivity contribution is 0.0775. The highest BCUT2D eigenvalue weighted by Gasteiger charge is 2.42. The molecule has 0 N–H and O–H groups in total. The van der Waals surface area contributed by atoms with E-state index in [2.05, 4.69) is 26.0 Å². The average molecular weight is 310 g/mol. The molecule has 4 nitrogen and oxygen atoms in total. The number of aryl methyl sites for hydroxylation is 1. The van der Waals surface area contributed by atoms with Crippen molar-refractivity contribution in [1.29, 1.82) is 0 Å². The number of aromatic nitrogens is 1. The Balaban J connectivity index is 1.90. The van der Waals surface area contributed by atoms with Gasteiger partial charge in [0.1, 0.15) is 5.56 Å². The third-order valence-corrected chi connectivity index (χ3v) is 4.79. The fourth-order valence-electron chi connectivity index (χ4n) is 3.46. The maximum Gasteiger partial charge on any atom is 0.263 e. The molecule has 1 aliphatic rings. The highest BCUT2D eigenvalue weighted by Crippen LogP contribution is 2.42. The molecule has 3 rings (SSSR count). The fourth-order valence-corrected chi connectivity index (χ4v) is 3.46. The highest BCUT2D eigenvalue weighted by molar-refractivity contribution is 5.94. The van der Waals surface area contributed by atoms with Crippen molar-refractivity contribution < 1.29 is 4.79 Å². The zero-order chi connectivity index (χ0) is 16.6. The minimum atomic E-state index is -0.238. The van der Waals surface area contributed by atoms with Crippen molar-refractivity contribution in [2.24, 2.45) is 12.5 Å². The van der Waals surface area contributed by atoms with Gasteiger partial charge in [-0.15, -0.1) is 0 Å². The van der Waals surface area contributed by atoms with Gasteiger partial charge in [0.2, 0.25) is 0 Å². The van der Waals surface area contributed by atoms with Crippen LogP contribution in [-0.2, 0) is 7.05 Å². The highest BCUT2D eigenvalue weighted by atomic mass is 16.2. The van der Waals surface area contributed by atoms with E-state index in [-0.39, 0.29) is 28.4 Å². The fraction of sp³-hybridized carbons (Fsp3) is 0.368. The lowest BCUT2D eigenvalue weighted by Crippen LogP contribution is -2.35. The SMILES string of the molecule is Cn1cccc(C(=O)N2C[C@@H](c3ccccc3)C(C)(C)C2)c1=O.